The van der Waals surface area contributed by atoms with E-state index in [0.717, 1.165) is 0 Å². The molecule has 0 amide bonds. The van der Waals surface area contributed by atoms with Crippen LogP contribution in [0.5, 0.6) is 0 Å². The molecule has 0 saturated carbocycles. The molecule has 13 heavy (non-hydrogen) atoms. The smallest absolute Gasteiger partial charge is 0.350 e. The van der Waals surface area contributed by atoms with E-state index in [1.165, 1.54) is 0 Å². The van der Waals surface area contributed by atoms with Gasteiger partial charge in [-0.2, -0.15) is 12.8 Å². The van der Waals surface area contributed by atoms with Crippen LogP contribution in [0.3, 0.4) is 0 Å². The van der Waals surface area contributed by atoms with E-state index in [-0.39, 0.29) is 0 Å². The Bertz CT molecular complexity index is 442. The summed E-state index contributed by atoms with van der Waals surface area (Å²) in [6.07, 6.45) is 0.501. The number of hydrogen-bond donors (Lipinski definition) is 2. The van der Waals surface area contributed by atoms with Crippen LogP contribution in [0.2, 0.25) is 0 Å². The molecule has 0 radical (unpaired) electrons. The van der Waals surface area contributed by atoms with Crippen LogP contribution in [0, 0.1) is 0 Å². The zero-order chi connectivity index (χ0) is 10.2. The van der Waals surface area contributed by atoms with E-state index in [1.807, 2.05) is 0 Å². The maximum absolute atomic E-state index is 10.8. The Morgan fingerprint density at radius 3 is 2.08 bits per heavy atom. The molecule has 70 valence electrons. The van der Waals surface area contributed by atoms with Crippen molar-refractivity contribution in [1.82, 2.24) is 0 Å². The Kier molecular flexibility index (Phi) is 1.92. The van der Waals surface area contributed by atoms with Crippen LogP contribution >= 0.6 is 0 Å². The molecule has 8 heteroatoms. The van der Waals surface area contributed by atoms with Gasteiger partial charge in [0.05, 0.1) is 6.21 Å². The summed E-state index contributed by atoms with van der Waals surface area (Å²) in [7, 11) is -4.31. The molecule has 0 aliphatic carbocycles. The van der Waals surface area contributed by atoms with Crippen LogP contribution in [0.25, 0.3) is 0 Å². The highest BCUT2D eigenvalue weighted by Crippen LogP contribution is 2.19. The monoisotopic (exact) mass is 205 g/mol. The van der Waals surface area contributed by atoms with E-state index in [4.69, 9.17) is 10.2 Å². The minimum Gasteiger partial charge on any atom is -0.478 e. The molecule has 1 aliphatic rings. The van der Waals surface area contributed by atoms with Gasteiger partial charge >= 0.3 is 11.9 Å². The summed E-state index contributed by atoms with van der Waals surface area (Å²) in [6.45, 7) is 0. The van der Waals surface area contributed by atoms with Crippen LogP contribution < -0.4 is 0 Å². The second kappa shape index (κ2) is 2.66. The first-order valence-corrected chi connectivity index (χ1v) is 4.31. The Labute approximate surface area is 72.1 Å². The normalized spacial score (nSPS) is 19.1. The van der Waals surface area contributed by atoms with Gasteiger partial charge in [0.15, 0.2) is 4.91 Å². The molecular formula is C5H3NO6S. The van der Waals surface area contributed by atoms with Gasteiger partial charge in [-0.3, -0.25) is 0 Å². The Balaban J connectivity index is 3.46. The molecule has 2 N–H and O–H groups in total. The lowest BCUT2D eigenvalue weighted by Crippen LogP contribution is -2.13. The van der Waals surface area contributed by atoms with E-state index >= 15 is 0 Å². The van der Waals surface area contributed by atoms with E-state index in [9.17, 15) is 18.0 Å². The minimum atomic E-state index is -4.31. The maximum atomic E-state index is 10.8. The standard InChI is InChI=1S/C5H3NO6S/c7-4(8)2-1-6-13(11,12)3(2)5(9)10/h1H,(H,7,8)(H,9,10). The zero-order valence-corrected chi connectivity index (χ0v) is 6.78. The van der Waals surface area contributed by atoms with Crippen LogP contribution in [-0.2, 0) is 19.6 Å². The number of carbonyl (C=O) groups is 2. The summed E-state index contributed by atoms with van der Waals surface area (Å²) < 4.78 is 24.4. The third kappa shape index (κ3) is 1.43. The number of hydrogen-bond acceptors (Lipinski definition) is 4. The van der Waals surface area contributed by atoms with Crippen molar-refractivity contribution in [2.45, 2.75) is 0 Å². The first kappa shape index (κ1) is 9.39. The Morgan fingerprint density at radius 1 is 1.23 bits per heavy atom. The van der Waals surface area contributed by atoms with E-state index < -0.39 is 32.4 Å². The number of nitrogens with zero attached hydrogens (tertiary/aromatic N) is 1. The van der Waals surface area contributed by atoms with Crippen molar-refractivity contribution in [2.75, 3.05) is 0 Å². The van der Waals surface area contributed by atoms with Gasteiger partial charge in [-0.15, -0.1) is 0 Å². The quantitative estimate of drug-likeness (QED) is 0.585. The second-order valence-corrected chi connectivity index (χ2v) is 3.63. The fraction of sp³-hybridized carbons (Fsp3) is 0. The van der Waals surface area contributed by atoms with Crippen molar-refractivity contribution >= 4 is 28.2 Å². The minimum absolute atomic E-state index is 0.501. The summed E-state index contributed by atoms with van der Waals surface area (Å²) in [6, 6.07) is 0. The topological polar surface area (TPSA) is 121 Å². The summed E-state index contributed by atoms with van der Waals surface area (Å²) in [5.41, 5.74) is -0.826. The van der Waals surface area contributed by atoms with Crippen molar-refractivity contribution in [3.05, 3.63) is 10.5 Å². The van der Waals surface area contributed by atoms with Crippen molar-refractivity contribution in [1.29, 1.82) is 0 Å². The summed E-state index contributed by atoms with van der Waals surface area (Å²) in [5, 5.41) is 16.8. The van der Waals surface area contributed by atoms with Gasteiger partial charge in [0, 0.05) is 0 Å². The number of sulfonamides is 1. The molecule has 0 aromatic heterocycles. The molecule has 0 aromatic carbocycles. The predicted octanol–water partition coefficient (Wildman–Crippen LogP) is -1.18. The molecule has 1 aliphatic heterocycles. The SMILES string of the molecule is O=C(O)C1=C(C(=O)O)S(=O)(=O)N=C1. The zero-order valence-electron chi connectivity index (χ0n) is 5.96. The van der Waals surface area contributed by atoms with Crippen LogP contribution in [0.15, 0.2) is 14.9 Å². The lowest BCUT2D eigenvalue weighted by atomic mass is 10.3. The number of rotatable bonds is 2. The largest absolute Gasteiger partial charge is 0.478 e. The number of carboxylic acids is 2. The molecule has 0 spiro atoms. The van der Waals surface area contributed by atoms with Gasteiger partial charge in [0.25, 0.3) is 10.0 Å². The van der Waals surface area contributed by atoms with Crippen molar-refractivity contribution in [2.24, 2.45) is 4.40 Å². The van der Waals surface area contributed by atoms with Gasteiger partial charge in [-0.05, 0) is 0 Å². The third-order valence-electron chi connectivity index (χ3n) is 1.25. The average Bonchev–Trinajstić information content (AvgIpc) is 2.24. The molecule has 1 heterocycles. The molecule has 7 nitrogen and oxygen atoms in total. The molecule has 0 atom stereocenters. The first-order valence-electron chi connectivity index (χ1n) is 2.87. The van der Waals surface area contributed by atoms with Crippen LogP contribution in [0.1, 0.15) is 0 Å². The molecule has 0 fully saturated rings. The van der Waals surface area contributed by atoms with E-state index in [0.29, 0.717) is 6.21 Å². The lowest BCUT2D eigenvalue weighted by molar-refractivity contribution is -0.134. The molecule has 0 saturated heterocycles. The second-order valence-electron chi connectivity index (χ2n) is 2.06. The van der Waals surface area contributed by atoms with E-state index in [1.54, 1.807) is 0 Å². The number of aliphatic carboxylic acids is 2. The predicted molar refractivity (Wildman–Crippen MR) is 39.7 cm³/mol. The fourth-order valence-electron chi connectivity index (χ4n) is 0.750. The highest BCUT2D eigenvalue weighted by atomic mass is 32.2. The molecule has 0 unspecified atom stereocenters. The molecule has 0 bridgehead atoms. The summed E-state index contributed by atoms with van der Waals surface area (Å²) in [5.74, 6) is -3.46. The fourth-order valence-corrected chi connectivity index (χ4v) is 1.74. The van der Waals surface area contributed by atoms with Gasteiger partial charge in [0.1, 0.15) is 5.57 Å². The highest BCUT2D eigenvalue weighted by Gasteiger charge is 2.35. The van der Waals surface area contributed by atoms with E-state index in [2.05, 4.69) is 4.40 Å². The maximum Gasteiger partial charge on any atom is 0.350 e. The van der Waals surface area contributed by atoms with Gasteiger partial charge in [0.2, 0.25) is 0 Å². The average molecular weight is 205 g/mol. The lowest BCUT2D eigenvalue weighted by Gasteiger charge is -1.94. The summed E-state index contributed by atoms with van der Waals surface area (Å²) in [4.78, 5) is 19.5. The first-order chi connectivity index (χ1) is 5.86. The Morgan fingerprint density at radius 2 is 1.77 bits per heavy atom. The highest BCUT2D eigenvalue weighted by molar-refractivity contribution is 7.95. The molecule has 1 rings (SSSR count). The van der Waals surface area contributed by atoms with Crippen molar-refractivity contribution < 1.29 is 28.2 Å². The summed E-state index contributed by atoms with van der Waals surface area (Å²) >= 11 is 0. The van der Waals surface area contributed by atoms with Crippen LogP contribution in [0.4, 0.5) is 0 Å². The molecular weight excluding hydrogens is 202 g/mol. The van der Waals surface area contributed by atoms with Crippen molar-refractivity contribution in [3.63, 3.8) is 0 Å². The number of carboxylic acid groups (broad SMARTS) is 2. The van der Waals surface area contributed by atoms with Crippen LogP contribution in [-0.4, -0.2) is 36.8 Å². The molecule has 0 aromatic rings. The van der Waals surface area contributed by atoms with Gasteiger partial charge in [-0.1, -0.05) is 0 Å². The van der Waals surface area contributed by atoms with Gasteiger partial charge < -0.3 is 10.2 Å². The van der Waals surface area contributed by atoms with Crippen molar-refractivity contribution in [3.8, 4) is 0 Å². The third-order valence-corrected chi connectivity index (χ3v) is 2.54. The Hall–Kier alpha value is -1.70. The van der Waals surface area contributed by atoms with Gasteiger partial charge in [-0.25, -0.2) is 9.59 Å².